The number of hydrogen-bond acceptors (Lipinski definition) is 5. The van der Waals surface area contributed by atoms with Gasteiger partial charge in [0, 0.05) is 10.6 Å². The molecule has 108 valence electrons. The molecule has 0 heterocycles. The standard InChI is InChI=1S/C11H11ClN2O5S/c1-19-11(16)14-20(17,18)13-10-7-9(12)5-4-8(10)3-2-6-15/h4-5,7,13,15H,6H2,1H3,(H,14,16). The number of methoxy groups -OCH3 is 1. The van der Waals surface area contributed by atoms with Gasteiger partial charge in [-0.25, -0.2) is 9.52 Å². The first-order valence-electron chi connectivity index (χ1n) is 5.15. The largest absolute Gasteiger partial charge is 0.452 e. The lowest BCUT2D eigenvalue weighted by Crippen LogP contribution is -2.35. The van der Waals surface area contributed by atoms with Gasteiger partial charge in [-0.05, 0) is 18.2 Å². The van der Waals surface area contributed by atoms with E-state index < -0.39 is 16.3 Å². The normalized spacial score (nSPS) is 10.2. The van der Waals surface area contributed by atoms with Crippen molar-refractivity contribution in [2.24, 2.45) is 0 Å². The molecule has 0 aliphatic carbocycles. The van der Waals surface area contributed by atoms with Crippen molar-refractivity contribution in [3.05, 3.63) is 28.8 Å². The van der Waals surface area contributed by atoms with Crippen molar-refractivity contribution in [1.29, 1.82) is 0 Å². The summed E-state index contributed by atoms with van der Waals surface area (Å²) in [7, 11) is -3.14. The molecule has 0 aliphatic heterocycles. The lowest BCUT2D eigenvalue weighted by atomic mass is 10.2. The van der Waals surface area contributed by atoms with Crippen LogP contribution in [0.1, 0.15) is 5.56 Å². The summed E-state index contributed by atoms with van der Waals surface area (Å²) in [5, 5.41) is 8.92. The van der Waals surface area contributed by atoms with E-state index in [9.17, 15) is 13.2 Å². The molecule has 0 saturated carbocycles. The molecule has 0 aromatic heterocycles. The van der Waals surface area contributed by atoms with Crippen molar-refractivity contribution in [3.8, 4) is 11.8 Å². The fraction of sp³-hybridized carbons (Fsp3) is 0.182. The van der Waals surface area contributed by atoms with E-state index in [-0.39, 0.29) is 17.3 Å². The number of carbonyl (C=O) groups excluding carboxylic acids is 1. The number of ether oxygens (including phenoxy) is 1. The van der Waals surface area contributed by atoms with Crippen LogP contribution in [-0.4, -0.2) is 33.3 Å². The van der Waals surface area contributed by atoms with Crippen LogP contribution in [0, 0.1) is 11.8 Å². The Hall–Kier alpha value is -1.95. The Morgan fingerprint density at radius 1 is 1.50 bits per heavy atom. The van der Waals surface area contributed by atoms with Crippen LogP contribution in [0.4, 0.5) is 10.5 Å². The Kier molecular flexibility index (Phi) is 5.64. The molecule has 0 atom stereocenters. The van der Waals surface area contributed by atoms with E-state index >= 15 is 0 Å². The zero-order valence-corrected chi connectivity index (χ0v) is 11.9. The van der Waals surface area contributed by atoms with Gasteiger partial charge in [0.25, 0.3) is 0 Å². The summed E-state index contributed by atoms with van der Waals surface area (Å²) in [6.45, 7) is -0.380. The second-order valence-corrected chi connectivity index (χ2v) is 5.20. The van der Waals surface area contributed by atoms with E-state index in [1.165, 1.54) is 18.2 Å². The van der Waals surface area contributed by atoms with Gasteiger partial charge in [-0.3, -0.25) is 4.72 Å². The van der Waals surface area contributed by atoms with E-state index in [0.29, 0.717) is 5.56 Å². The van der Waals surface area contributed by atoms with E-state index in [2.05, 4.69) is 21.3 Å². The molecule has 7 nitrogen and oxygen atoms in total. The number of benzene rings is 1. The minimum atomic E-state index is -4.17. The second-order valence-electron chi connectivity index (χ2n) is 3.35. The zero-order chi connectivity index (χ0) is 15.2. The Morgan fingerprint density at radius 2 is 2.20 bits per heavy atom. The number of hydrogen-bond donors (Lipinski definition) is 3. The number of nitrogens with one attached hydrogen (secondary N) is 2. The SMILES string of the molecule is COC(=O)NS(=O)(=O)Nc1cc(Cl)ccc1C#CCO. The molecule has 0 aliphatic rings. The quantitative estimate of drug-likeness (QED) is 0.711. The van der Waals surface area contributed by atoms with Crippen molar-refractivity contribution < 1.29 is 23.1 Å². The summed E-state index contributed by atoms with van der Waals surface area (Å²) < 4.78 is 31.2. The lowest BCUT2D eigenvalue weighted by molar-refractivity contribution is 0.177. The number of anilines is 1. The number of halogens is 1. The summed E-state index contributed by atoms with van der Waals surface area (Å²) in [6, 6.07) is 4.30. The predicted molar refractivity (Wildman–Crippen MR) is 73.5 cm³/mol. The van der Waals surface area contributed by atoms with Crippen molar-refractivity contribution in [2.45, 2.75) is 0 Å². The summed E-state index contributed by atoms with van der Waals surface area (Å²) in [5.74, 6) is 4.93. The molecule has 1 aromatic rings. The van der Waals surface area contributed by atoms with Crippen LogP contribution >= 0.6 is 11.6 Å². The molecule has 0 spiro atoms. The topological polar surface area (TPSA) is 105 Å². The van der Waals surface area contributed by atoms with Crippen LogP contribution in [0.3, 0.4) is 0 Å². The van der Waals surface area contributed by atoms with E-state index in [1.807, 2.05) is 0 Å². The minimum Gasteiger partial charge on any atom is -0.452 e. The molecule has 0 radical (unpaired) electrons. The van der Waals surface area contributed by atoms with Gasteiger partial charge in [0.15, 0.2) is 0 Å². The molecule has 9 heteroatoms. The molecule has 0 bridgehead atoms. The molecule has 1 aromatic carbocycles. The summed E-state index contributed by atoms with van der Waals surface area (Å²) in [5.41, 5.74) is 0.355. The summed E-state index contributed by atoms with van der Waals surface area (Å²) in [6.07, 6.45) is -1.14. The third kappa shape index (κ3) is 4.97. The molecule has 3 N–H and O–H groups in total. The third-order valence-electron chi connectivity index (χ3n) is 1.93. The highest BCUT2D eigenvalue weighted by Crippen LogP contribution is 2.21. The molecule has 1 amide bonds. The van der Waals surface area contributed by atoms with Crippen molar-refractivity contribution in [1.82, 2.24) is 4.72 Å². The molecule has 20 heavy (non-hydrogen) atoms. The van der Waals surface area contributed by atoms with Gasteiger partial charge in [-0.15, -0.1) is 0 Å². The Bertz CT molecular complexity index is 663. The Labute approximate surface area is 121 Å². The lowest BCUT2D eigenvalue weighted by Gasteiger charge is -2.10. The van der Waals surface area contributed by atoms with Gasteiger partial charge in [0.05, 0.1) is 12.8 Å². The molecule has 1 rings (SSSR count). The van der Waals surface area contributed by atoms with Crippen LogP contribution in [0.15, 0.2) is 18.2 Å². The van der Waals surface area contributed by atoms with Crippen molar-refractivity contribution >= 4 is 33.6 Å². The van der Waals surface area contributed by atoms with Gasteiger partial charge in [0.2, 0.25) is 0 Å². The maximum atomic E-state index is 11.6. The van der Waals surface area contributed by atoms with Crippen molar-refractivity contribution in [3.63, 3.8) is 0 Å². The molecule has 0 unspecified atom stereocenters. The average molecular weight is 319 g/mol. The maximum absolute atomic E-state index is 11.6. The van der Waals surface area contributed by atoms with E-state index in [1.54, 1.807) is 4.72 Å². The molecule has 0 saturated heterocycles. The van der Waals surface area contributed by atoms with Gasteiger partial charge >= 0.3 is 16.3 Å². The molecular formula is C11H11ClN2O5S. The fourth-order valence-corrected chi connectivity index (χ4v) is 2.15. The maximum Gasteiger partial charge on any atom is 0.422 e. The number of rotatable bonds is 3. The highest BCUT2D eigenvalue weighted by Gasteiger charge is 2.16. The van der Waals surface area contributed by atoms with E-state index in [4.69, 9.17) is 16.7 Å². The number of aliphatic hydroxyl groups excluding tert-OH is 1. The van der Waals surface area contributed by atoms with Crippen molar-refractivity contribution in [2.75, 3.05) is 18.4 Å². The number of carbonyl (C=O) groups is 1. The first-order valence-corrected chi connectivity index (χ1v) is 7.02. The first kappa shape index (κ1) is 16.1. The van der Waals surface area contributed by atoms with Crippen LogP contribution in [0.25, 0.3) is 0 Å². The molecule has 0 fully saturated rings. The molecular weight excluding hydrogens is 308 g/mol. The first-order chi connectivity index (χ1) is 9.38. The minimum absolute atomic E-state index is 0.0647. The fourth-order valence-electron chi connectivity index (χ4n) is 1.17. The second kappa shape index (κ2) is 7.00. The van der Waals surface area contributed by atoms with Crippen LogP contribution in [0.2, 0.25) is 5.02 Å². The summed E-state index contributed by atoms with van der Waals surface area (Å²) in [4.78, 5) is 10.9. The highest BCUT2D eigenvalue weighted by molar-refractivity contribution is 7.91. The van der Waals surface area contributed by atoms with Crippen LogP contribution in [0.5, 0.6) is 0 Å². The summed E-state index contributed by atoms with van der Waals surface area (Å²) >= 11 is 5.77. The van der Waals surface area contributed by atoms with Crippen LogP contribution in [-0.2, 0) is 14.9 Å². The van der Waals surface area contributed by atoms with E-state index in [0.717, 1.165) is 7.11 Å². The van der Waals surface area contributed by atoms with Gasteiger partial charge < -0.3 is 9.84 Å². The number of aliphatic hydroxyl groups is 1. The Balaban J connectivity index is 3.07. The number of amides is 1. The van der Waals surface area contributed by atoms with Crippen LogP contribution < -0.4 is 9.44 Å². The third-order valence-corrected chi connectivity index (χ3v) is 3.09. The smallest absolute Gasteiger partial charge is 0.422 e. The average Bonchev–Trinajstić information content (AvgIpc) is 2.36. The monoisotopic (exact) mass is 318 g/mol. The highest BCUT2D eigenvalue weighted by atomic mass is 35.5. The zero-order valence-electron chi connectivity index (χ0n) is 10.3. The van der Waals surface area contributed by atoms with Gasteiger partial charge in [-0.2, -0.15) is 8.42 Å². The van der Waals surface area contributed by atoms with Gasteiger partial charge in [-0.1, -0.05) is 23.4 Å². The Morgan fingerprint density at radius 3 is 2.80 bits per heavy atom. The predicted octanol–water partition coefficient (Wildman–Crippen LogP) is 0.696. The van der Waals surface area contributed by atoms with Gasteiger partial charge in [0.1, 0.15) is 6.61 Å².